The molecule has 0 radical (unpaired) electrons. The lowest BCUT2D eigenvalue weighted by atomic mass is 10.3. The molecule has 2 aromatic rings. The molecule has 0 aromatic carbocycles. The predicted octanol–water partition coefficient (Wildman–Crippen LogP) is 3.44. The maximum atomic E-state index is 11.8. The van der Waals surface area contributed by atoms with Crippen molar-refractivity contribution in [3.8, 4) is 0 Å². The van der Waals surface area contributed by atoms with E-state index in [2.05, 4.69) is 26.2 Å². The summed E-state index contributed by atoms with van der Waals surface area (Å²) in [5.74, 6) is -0.321. The Labute approximate surface area is 118 Å². The number of nitrogens with zero attached hydrogens (tertiary/aromatic N) is 2. The van der Waals surface area contributed by atoms with E-state index in [1.165, 1.54) is 11.3 Å². The summed E-state index contributed by atoms with van der Waals surface area (Å²) in [5.41, 5.74) is 0.968. The molecule has 1 N–H and O–H groups in total. The van der Waals surface area contributed by atoms with Crippen molar-refractivity contribution in [2.24, 2.45) is 0 Å². The van der Waals surface area contributed by atoms with Gasteiger partial charge in [-0.2, -0.15) is 0 Å². The smallest absolute Gasteiger partial charge is 0.297 e. The molecule has 2 aromatic heterocycles. The molecule has 94 valence electrons. The van der Waals surface area contributed by atoms with Gasteiger partial charge in [-0.3, -0.25) is 20.2 Å². The van der Waals surface area contributed by atoms with Crippen LogP contribution in [-0.4, -0.2) is 15.8 Å². The lowest BCUT2D eigenvalue weighted by Crippen LogP contribution is -2.09. The largest absolute Gasteiger partial charge is 0.345 e. The molecule has 18 heavy (non-hydrogen) atoms. The number of halogens is 1. The Kier molecular flexibility index (Phi) is 3.73. The van der Waals surface area contributed by atoms with Gasteiger partial charge in [0.2, 0.25) is 0 Å². The normalized spacial score (nSPS) is 10.3. The minimum Gasteiger partial charge on any atom is -0.297 e. The quantitative estimate of drug-likeness (QED) is 0.680. The first-order valence-electron chi connectivity index (χ1n) is 4.65. The number of hydrogen-bond acceptors (Lipinski definition) is 6. The van der Waals surface area contributed by atoms with Gasteiger partial charge in [0.05, 0.1) is 13.6 Å². The van der Waals surface area contributed by atoms with E-state index in [1.54, 1.807) is 6.07 Å². The summed E-state index contributed by atoms with van der Waals surface area (Å²) in [6.07, 6.45) is 1.12. The van der Waals surface area contributed by atoms with Crippen LogP contribution in [0.5, 0.6) is 0 Å². The molecule has 0 saturated carbocycles. The highest BCUT2D eigenvalue weighted by Gasteiger charge is 2.16. The summed E-state index contributed by atoms with van der Waals surface area (Å²) < 4.78 is 0.887. The molecular formula is C9H6BrN3O3S2. The first-order valence-corrected chi connectivity index (χ1v) is 7.07. The molecule has 2 heterocycles. The van der Waals surface area contributed by atoms with Gasteiger partial charge in [-0.15, -0.1) is 11.3 Å². The minimum absolute atomic E-state index is 0.103. The van der Waals surface area contributed by atoms with E-state index in [0.717, 1.165) is 26.9 Å². The van der Waals surface area contributed by atoms with E-state index in [4.69, 9.17) is 0 Å². The molecule has 6 nitrogen and oxygen atoms in total. The Morgan fingerprint density at radius 3 is 2.78 bits per heavy atom. The predicted molar refractivity (Wildman–Crippen MR) is 73.5 cm³/mol. The number of nitro groups is 1. The molecule has 0 bridgehead atoms. The van der Waals surface area contributed by atoms with Crippen LogP contribution in [0.2, 0.25) is 0 Å². The van der Waals surface area contributed by atoms with Crippen LogP contribution in [0, 0.1) is 17.0 Å². The number of thiazole rings is 1. The number of carbonyl (C=O) groups is 1. The third-order valence-electron chi connectivity index (χ3n) is 1.97. The minimum atomic E-state index is -0.542. The molecule has 0 aliphatic carbocycles. The van der Waals surface area contributed by atoms with Crippen LogP contribution in [0.25, 0.3) is 0 Å². The van der Waals surface area contributed by atoms with E-state index in [0.29, 0.717) is 4.88 Å². The number of thiophene rings is 1. The molecule has 0 saturated heterocycles. The maximum Gasteiger partial charge on any atom is 0.345 e. The van der Waals surface area contributed by atoms with Crippen LogP contribution in [0.4, 0.5) is 10.1 Å². The zero-order valence-electron chi connectivity index (χ0n) is 8.97. The van der Waals surface area contributed by atoms with Gasteiger partial charge in [0.1, 0.15) is 6.20 Å². The highest BCUT2D eigenvalue weighted by Crippen LogP contribution is 2.29. The number of amides is 1. The fraction of sp³-hybridized carbons (Fsp3) is 0.111. The number of aryl methyl sites for hydroxylation is 1. The van der Waals surface area contributed by atoms with Gasteiger partial charge in [-0.25, -0.2) is 4.98 Å². The molecule has 0 spiro atoms. The maximum absolute atomic E-state index is 11.8. The van der Waals surface area contributed by atoms with Crippen molar-refractivity contribution in [3.63, 3.8) is 0 Å². The Hall–Kier alpha value is -1.32. The van der Waals surface area contributed by atoms with Crippen molar-refractivity contribution in [2.75, 3.05) is 5.32 Å². The van der Waals surface area contributed by atoms with Crippen molar-refractivity contribution < 1.29 is 9.72 Å². The number of anilines is 1. The van der Waals surface area contributed by atoms with Crippen LogP contribution in [-0.2, 0) is 0 Å². The number of hydrogen-bond donors (Lipinski definition) is 1. The zero-order chi connectivity index (χ0) is 13.3. The van der Waals surface area contributed by atoms with E-state index < -0.39 is 4.92 Å². The number of carbonyl (C=O) groups excluding carboxylic acids is 1. The van der Waals surface area contributed by atoms with E-state index in [1.807, 2.05) is 6.92 Å². The Bertz CT molecular complexity index is 603. The third-order valence-corrected chi connectivity index (χ3v) is 4.97. The van der Waals surface area contributed by atoms with Crippen LogP contribution < -0.4 is 5.32 Å². The van der Waals surface area contributed by atoms with Gasteiger partial charge < -0.3 is 0 Å². The fourth-order valence-corrected chi connectivity index (χ4v) is 3.20. The highest BCUT2D eigenvalue weighted by molar-refractivity contribution is 9.11. The molecule has 0 aliphatic rings. The molecule has 2 rings (SSSR count). The molecule has 0 atom stereocenters. The molecular weight excluding hydrogens is 342 g/mol. The van der Waals surface area contributed by atoms with Crippen molar-refractivity contribution in [2.45, 2.75) is 6.92 Å². The summed E-state index contributed by atoms with van der Waals surface area (Å²) in [7, 11) is 0. The standard InChI is InChI=1S/C9H6BrN3O3S2/c1-4-2-5(17-7(4)10)8(14)12-9-11-3-6(18-9)13(15)16/h2-3H,1H3,(H,11,12,14). The highest BCUT2D eigenvalue weighted by atomic mass is 79.9. The Morgan fingerprint density at radius 1 is 1.56 bits per heavy atom. The van der Waals surface area contributed by atoms with Crippen LogP contribution in [0.3, 0.4) is 0 Å². The summed E-state index contributed by atoms with van der Waals surface area (Å²) in [6, 6.07) is 1.74. The first kappa shape index (κ1) is 13.1. The summed E-state index contributed by atoms with van der Waals surface area (Å²) >= 11 is 5.46. The van der Waals surface area contributed by atoms with Gasteiger partial charge in [0, 0.05) is 0 Å². The van der Waals surface area contributed by atoms with Crippen molar-refractivity contribution >= 4 is 54.6 Å². The van der Waals surface area contributed by atoms with Crippen LogP contribution in [0.1, 0.15) is 15.2 Å². The Balaban J connectivity index is 2.13. The second-order valence-electron chi connectivity index (χ2n) is 3.28. The average Bonchev–Trinajstić information content (AvgIpc) is 2.87. The van der Waals surface area contributed by atoms with Gasteiger partial charge in [0.25, 0.3) is 5.91 Å². The third kappa shape index (κ3) is 2.74. The number of aromatic nitrogens is 1. The van der Waals surface area contributed by atoms with E-state index in [-0.39, 0.29) is 16.0 Å². The molecule has 1 amide bonds. The molecule has 0 fully saturated rings. The van der Waals surface area contributed by atoms with E-state index in [9.17, 15) is 14.9 Å². The molecule has 0 unspecified atom stereocenters. The van der Waals surface area contributed by atoms with Gasteiger partial charge >= 0.3 is 5.00 Å². The summed E-state index contributed by atoms with van der Waals surface area (Å²) in [5, 5.41) is 13.1. The Morgan fingerprint density at radius 2 is 2.28 bits per heavy atom. The summed E-state index contributed by atoms with van der Waals surface area (Å²) in [4.78, 5) is 26.1. The lowest BCUT2D eigenvalue weighted by Gasteiger charge is -1.96. The number of rotatable bonds is 3. The first-order chi connectivity index (χ1) is 8.47. The van der Waals surface area contributed by atoms with Gasteiger partial charge in [-0.05, 0) is 45.8 Å². The van der Waals surface area contributed by atoms with E-state index >= 15 is 0 Å². The fourth-order valence-electron chi connectivity index (χ4n) is 1.14. The van der Waals surface area contributed by atoms with Crippen molar-refractivity contribution in [1.82, 2.24) is 4.98 Å². The lowest BCUT2D eigenvalue weighted by molar-refractivity contribution is -0.380. The van der Waals surface area contributed by atoms with Crippen LogP contribution >= 0.6 is 38.6 Å². The summed E-state index contributed by atoms with van der Waals surface area (Å²) in [6.45, 7) is 1.88. The SMILES string of the molecule is Cc1cc(C(=O)Nc2ncc([N+](=O)[O-])s2)sc1Br. The molecule has 0 aliphatic heterocycles. The monoisotopic (exact) mass is 347 g/mol. The molecule has 9 heteroatoms. The topological polar surface area (TPSA) is 85.1 Å². The van der Waals surface area contributed by atoms with Crippen LogP contribution in [0.15, 0.2) is 16.0 Å². The van der Waals surface area contributed by atoms with Gasteiger partial charge in [0.15, 0.2) is 5.13 Å². The second-order valence-corrected chi connectivity index (χ2v) is 6.66. The van der Waals surface area contributed by atoms with Gasteiger partial charge in [-0.1, -0.05) is 0 Å². The zero-order valence-corrected chi connectivity index (χ0v) is 12.2. The van der Waals surface area contributed by atoms with Crippen molar-refractivity contribution in [3.05, 3.63) is 36.6 Å². The van der Waals surface area contributed by atoms with Crippen molar-refractivity contribution in [1.29, 1.82) is 0 Å². The average molecular weight is 348 g/mol. The number of nitrogens with one attached hydrogen (secondary N) is 1. The second kappa shape index (κ2) is 5.12.